The Morgan fingerprint density at radius 2 is 2.00 bits per heavy atom. The molecule has 0 saturated heterocycles. The first-order valence-electron chi connectivity index (χ1n) is 6.61. The molecule has 1 atom stereocenters. The zero-order valence-electron chi connectivity index (χ0n) is 10.2. The van der Waals surface area contributed by atoms with E-state index in [0.29, 0.717) is 5.92 Å². The van der Waals surface area contributed by atoms with E-state index >= 15 is 0 Å². The molecule has 94 valence electrons. The summed E-state index contributed by atoms with van der Waals surface area (Å²) in [5.41, 5.74) is 7.48. The van der Waals surface area contributed by atoms with Gasteiger partial charge in [-0.05, 0) is 36.8 Å². The predicted octanol–water partition coefficient (Wildman–Crippen LogP) is 3.58. The predicted molar refractivity (Wildman–Crippen MR) is 72.1 cm³/mol. The first-order chi connectivity index (χ1) is 8.27. The molecule has 0 spiro atoms. The van der Waals surface area contributed by atoms with Gasteiger partial charge in [-0.3, -0.25) is 4.98 Å². The molecule has 0 aromatic carbocycles. The monoisotopic (exact) mass is 252 g/mol. The largest absolute Gasteiger partial charge is 0.327 e. The molecule has 1 aliphatic rings. The van der Waals surface area contributed by atoms with Crippen LogP contribution in [0.5, 0.6) is 0 Å². The number of hydrogen-bond donors (Lipinski definition) is 1. The summed E-state index contributed by atoms with van der Waals surface area (Å²) in [6, 6.07) is 2.23. The summed E-state index contributed by atoms with van der Waals surface area (Å²) in [6.07, 6.45) is 12.4. The van der Waals surface area contributed by atoms with E-state index in [9.17, 15) is 0 Å². The highest BCUT2D eigenvalue weighted by atomic mass is 35.5. The quantitative estimate of drug-likeness (QED) is 0.836. The van der Waals surface area contributed by atoms with Gasteiger partial charge < -0.3 is 5.73 Å². The molecule has 1 unspecified atom stereocenters. The van der Waals surface area contributed by atoms with Gasteiger partial charge in [0.2, 0.25) is 0 Å². The van der Waals surface area contributed by atoms with Crippen molar-refractivity contribution in [3.05, 3.63) is 29.0 Å². The Labute approximate surface area is 109 Å². The van der Waals surface area contributed by atoms with Crippen LogP contribution in [0.2, 0.25) is 5.02 Å². The SMILES string of the molecule is NC(Cc1ccncc1Cl)C1CCCCCC1. The zero-order chi connectivity index (χ0) is 12.1. The summed E-state index contributed by atoms with van der Waals surface area (Å²) in [5.74, 6) is 0.668. The van der Waals surface area contributed by atoms with Gasteiger partial charge in [-0.15, -0.1) is 0 Å². The second-order valence-corrected chi connectivity index (χ2v) is 5.49. The van der Waals surface area contributed by atoms with Crippen molar-refractivity contribution in [3.63, 3.8) is 0 Å². The summed E-state index contributed by atoms with van der Waals surface area (Å²) in [7, 11) is 0. The van der Waals surface area contributed by atoms with Gasteiger partial charge >= 0.3 is 0 Å². The molecule has 0 aliphatic heterocycles. The van der Waals surface area contributed by atoms with Gasteiger partial charge in [0.1, 0.15) is 0 Å². The van der Waals surface area contributed by atoms with Gasteiger partial charge in [-0.1, -0.05) is 37.3 Å². The molecule has 1 aromatic rings. The van der Waals surface area contributed by atoms with Crippen LogP contribution in [-0.2, 0) is 6.42 Å². The fourth-order valence-electron chi connectivity index (χ4n) is 2.73. The Balaban J connectivity index is 1.95. The van der Waals surface area contributed by atoms with Crippen LogP contribution in [0.25, 0.3) is 0 Å². The van der Waals surface area contributed by atoms with Crippen LogP contribution in [0.15, 0.2) is 18.5 Å². The van der Waals surface area contributed by atoms with E-state index in [4.69, 9.17) is 17.3 Å². The lowest BCUT2D eigenvalue weighted by Crippen LogP contribution is -2.32. The lowest BCUT2D eigenvalue weighted by atomic mass is 9.88. The summed E-state index contributed by atoms with van der Waals surface area (Å²) >= 11 is 6.12. The van der Waals surface area contributed by atoms with Crippen LogP contribution in [0.1, 0.15) is 44.1 Å². The number of aromatic nitrogens is 1. The molecule has 0 radical (unpaired) electrons. The van der Waals surface area contributed by atoms with E-state index in [1.807, 2.05) is 6.07 Å². The average Bonchev–Trinajstić information content (AvgIpc) is 2.61. The highest BCUT2D eigenvalue weighted by Crippen LogP contribution is 2.27. The highest BCUT2D eigenvalue weighted by molar-refractivity contribution is 6.31. The van der Waals surface area contributed by atoms with Crippen molar-refractivity contribution >= 4 is 11.6 Å². The molecule has 0 bridgehead atoms. The van der Waals surface area contributed by atoms with E-state index in [1.165, 1.54) is 38.5 Å². The van der Waals surface area contributed by atoms with Crippen LogP contribution in [-0.4, -0.2) is 11.0 Å². The van der Waals surface area contributed by atoms with Gasteiger partial charge in [0, 0.05) is 18.4 Å². The van der Waals surface area contributed by atoms with Crippen molar-refractivity contribution in [3.8, 4) is 0 Å². The smallest absolute Gasteiger partial charge is 0.0621 e. The zero-order valence-corrected chi connectivity index (χ0v) is 11.0. The number of halogens is 1. The van der Waals surface area contributed by atoms with Crippen LogP contribution in [0, 0.1) is 5.92 Å². The molecule has 1 aromatic heterocycles. The van der Waals surface area contributed by atoms with Gasteiger partial charge in [0.25, 0.3) is 0 Å². The van der Waals surface area contributed by atoms with Gasteiger partial charge in [0.05, 0.1) is 5.02 Å². The van der Waals surface area contributed by atoms with E-state index in [1.54, 1.807) is 12.4 Å². The summed E-state index contributed by atoms with van der Waals surface area (Å²) in [5, 5.41) is 0.747. The first kappa shape index (κ1) is 12.8. The van der Waals surface area contributed by atoms with Crippen LogP contribution >= 0.6 is 11.6 Å². The minimum atomic E-state index is 0.244. The summed E-state index contributed by atoms with van der Waals surface area (Å²) < 4.78 is 0. The number of hydrogen-bond acceptors (Lipinski definition) is 2. The number of nitrogens with zero attached hydrogens (tertiary/aromatic N) is 1. The van der Waals surface area contributed by atoms with Crippen molar-refractivity contribution in [2.45, 2.75) is 51.0 Å². The maximum absolute atomic E-state index is 6.34. The molecule has 17 heavy (non-hydrogen) atoms. The second kappa shape index (κ2) is 6.36. The molecule has 1 aliphatic carbocycles. The maximum atomic E-state index is 6.34. The fraction of sp³-hybridized carbons (Fsp3) is 0.643. The fourth-order valence-corrected chi connectivity index (χ4v) is 2.93. The lowest BCUT2D eigenvalue weighted by molar-refractivity contribution is 0.372. The number of nitrogens with two attached hydrogens (primary N) is 1. The second-order valence-electron chi connectivity index (χ2n) is 5.09. The highest BCUT2D eigenvalue weighted by Gasteiger charge is 2.20. The Bertz CT molecular complexity index is 346. The van der Waals surface area contributed by atoms with Crippen molar-refractivity contribution < 1.29 is 0 Å². The summed E-state index contributed by atoms with van der Waals surface area (Å²) in [4.78, 5) is 4.01. The van der Waals surface area contributed by atoms with E-state index in [2.05, 4.69) is 4.98 Å². The number of pyridine rings is 1. The molecule has 1 heterocycles. The molecule has 2 rings (SSSR count). The third kappa shape index (κ3) is 3.68. The van der Waals surface area contributed by atoms with E-state index < -0.39 is 0 Å². The topological polar surface area (TPSA) is 38.9 Å². The molecular formula is C14H21ClN2. The van der Waals surface area contributed by atoms with Gasteiger partial charge in [-0.2, -0.15) is 0 Å². The maximum Gasteiger partial charge on any atom is 0.0621 e. The van der Waals surface area contributed by atoms with Crippen molar-refractivity contribution in [1.82, 2.24) is 4.98 Å². The molecule has 1 saturated carbocycles. The Hall–Kier alpha value is -0.600. The molecule has 0 amide bonds. The van der Waals surface area contributed by atoms with Crippen LogP contribution in [0.4, 0.5) is 0 Å². The minimum absolute atomic E-state index is 0.244. The van der Waals surface area contributed by atoms with E-state index in [0.717, 1.165) is 17.0 Å². The van der Waals surface area contributed by atoms with Crippen molar-refractivity contribution in [2.24, 2.45) is 11.7 Å². The van der Waals surface area contributed by atoms with Crippen molar-refractivity contribution in [1.29, 1.82) is 0 Å². The molecular weight excluding hydrogens is 232 g/mol. The normalized spacial score (nSPS) is 19.9. The first-order valence-corrected chi connectivity index (χ1v) is 6.99. The Kier molecular flexibility index (Phi) is 4.81. The minimum Gasteiger partial charge on any atom is -0.327 e. The standard InChI is InChI=1S/C14H21ClN2/c15-13-10-17-8-7-12(13)9-14(16)11-5-3-1-2-4-6-11/h7-8,10-11,14H,1-6,9,16H2. The summed E-state index contributed by atoms with van der Waals surface area (Å²) in [6.45, 7) is 0. The van der Waals surface area contributed by atoms with Crippen molar-refractivity contribution in [2.75, 3.05) is 0 Å². The van der Waals surface area contributed by atoms with Crippen LogP contribution in [0.3, 0.4) is 0 Å². The Morgan fingerprint density at radius 3 is 2.65 bits per heavy atom. The molecule has 3 heteroatoms. The van der Waals surface area contributed by atoms with E-state index in [-0.39, 0.29) is 6.04 Å². The van der Waals surface area contributed by atoms with Gasteiger partial charge in [-0.25, -0.2) is 0 Å². The molecule has 2 nitrogen and oxygen atoms in total. The van der Waals surface area contributed by atoms with Gasteiger partial charge in [0.15, 0.2) is 0 Å². The Morgan fingerprint density at radius 1 is 1.29 bits per heavy atom. The molecule has 1 fully saturated rings. The third-order valence-corrected chi connectivity index (χ3v) is 4.16. The molecule has 2 N–H and O–H groups in total. The van der Waals surface area contributed by atoms with Crippen LogP contribution < -0.4 is 5.73 Å². The lowest BCUT2D eigenvalue weighted by Gasteiger charge is -2.22. The third-order valence-electron chi connectivity index (χ3n) is 3.82. The number of rotatable bonds is 3. The average molecular weight is 253 g/mol.